The van der Waals surface area contributed by atoms with Crippen molar-refractivity contribution < 1.29 is 14.6 Å². The number of benzene rings is 1. The number of rotatable bonds is 5. The summed E-state index contributed by atoms with van der Waals surface area (Å²) in [7, 11) is 4.18. The summed E-state index contributed by atoms with van der Waals surface area (Å²) in [5, 5.41) is 11.1. The molecule has 0 aromatic heterocycles. The van der Waals surface area contributed by atoms with Gasteiger partial charge in [-0.25, -0.2) is 0 Å². The quantitative estimate of drug-likeness (QED) is 0.422. The lowest BCUT2D eigenvalue weighted by atomic mass is 9.51. The number of carbonyl (C=O) groups excluding carboxylic acids is 1. The van der Waals surface area contributed by atoms with E-state index in [0.717, 1.165) is 32.1 Å². The van der Waals surface area contributed by atoms with E-state index < -0.39 is 5.79 Å². The smallest absolute Gasteiger partial charge is 0.166 e. The lowest BCUT2D eigenvalue weighted by Crippen LogP contribution is -2.47. The second-order valence-corrected chi connectivity index (χ2v) is 12.0. The topological polar surface area (TPSA) is 49.8 Å². The highest BCUT2D eigenvalue weighted by atomic mass is 16.6. The molecular weight excluding hydrogens is 422 g/mol. The minimum atomic E-state index is -0.963. The highest BCUT2D eigenvalue weighted by molar-refractivity contribution is 5.79. The Bertz CT molecular complexity index is 966. The zero-order chi connectivity index (χ0) is 24.3. The molecule has 0 radical (unpaired) electrons. The third kappa shape index (κ3) is 3.86. The first-order chi connectivity index (χ1) is 16.2. The van der Waals surface area contributed by atoms with Crippen LogP contribution < -0.4 is 4.90 Å². The molecule has 3 fully saturated rings. The molecule has 4 nitrogen and oxygen atoms in total. The molecule has 186 valence electrons. The number of ketones is 1. The molecule has 34 heavy (non-hydrogen) atoms. The van der Waals surface area contributed by atoms with Crippen molar-refractivity contribution in [3.63, 3.8) is 0 Å². The number of fused-ring (bicyclic) bond motifs is 4. The standard InChI is InChI=1S/C30H43NO3/c1-6-34-30(33)16-15-23-21(17-30)9-12-24-27-14-13-26(19(2)32)29(27,3)18-25(28(23)24)20-7-10-22(11-8-20)31(4)5/h7-8,10-11,21,24-27,33H,6,9,12-18H2,1-5H3. The van der Waals surface area contributed by atoms with Crippen LogP contribution in [0.4, 0.5) is 5.69 Å². The number of Topliss-reactive ketones (excluding diaryl/α,β-unsaturated/α-hetero) is 1. The Morgan fingerprint density at radius 2 is 1.85 bits per heavy atom. The van der Waals surface area contributed by atoms with Gasteiger partial charge in [0.25, 0.3) is 0 Å². The summed E-state index contributed by atoms with van der Waals surface area (Å²) in [6.07, 6.45) is 8.01. The molecule has 0 bridgehead atoms. The minimum absolute atomic E-state index is 0.0823. The SMILES string of the molecule is CCOC1(O)CCC2=C3C(c4ccc(N(C)C)cc4)CC4(C)C(C(C)=O)CCC4C3CCC2C1. The van der Waals surface area contributed by atoms with Crippen molar-refractivity contribution in [3.05, 3.63) is 41.0 Å². The van der Waals surface area contributed by atoms with E-state index >= 15 is 0 Å². The maximum absolute atomic E-state index is 12.7. The van der Waals surface area contributed by atoms with Gasteiger partial charge in [0.1, 0.15) is 5.78 Å². The van der Waals surface area contributed by atoms with Crippen LogP contribution in [0.3, 0.4) is 0 Å². The Morgan fingerprint density at radius 3 is 2.50 bits per heavy atom. The molecule has 1 N–H and O–H groups in total. The molecule has 4 heteroatoms. The zero-order valence-corrected chi connectivity index (χ0v) is 21.8. The van der Waals surface area contributed by atoms with Gasteiger partial charge < -0.3 is 14.7 Å². The highest BCUT2D eigenvalue weighted by Crippen LogP contribution is 2.66. The van der Waals surface area contributed by atoms with Crippen molar-refractivity contribution >= 4 is 11.5 Å². The average Bonchev–Trinajstić information content (AvgIpc) is 3.15. The first kappa shape index (κ1) is 24.1. The fourth-order valence-corrected chi connectivity index (χ4v) is 8.61. The van der Waals surface area contributed by atoms with E-state index in [-0.39, 0.29) is 11.3 Å². The van der Waals surface area contributed by atoms with E-state index in [0.29, 0.717) is 42.5 Å². The number of ether oxygens (including phenoxy) is 1. The number of carbonyl (C=O) groups is 1. The van der Waals surface area contributed by atoms with Gasteiger partial charge in [0.15, 0.2) is 5.79 Å². The fourth-order valence-electron chi connectivity index (χ4n) is 8.61. The van der Waals surface area contributed by atoms with Crippen molar-refractivity contribution in [1.82, 2.24) is 0 Å². The largest absolute Gasteiger partial charge is 0.378 e. The maximum Gasteiger partial charge on any atom is 0.166 e. The lowest BCUT2D eigenvalue weighted by molar-refractivity contribution is -0.221. The molecule has 0 spiro atoms. The summed E-state index contributed by atoms with van der Waals surface area (Å²) in [5.74, 6) is 1.60. The van der Waals surface area contributed by atoms with Crippen LogP contribution in [0.25, 0.3) is 0 Å². The summed E-state index contributed by atoms with van der Waals surface area (Å²) < 4.78 is 5.82. The van der Waals surface area contributed by atoms with E-state index in [2.05, 4.69) is 50.2 Å². The predicted octanol–water partition coefficient (Wildman–Crippen LogP) is 6.09. The van der Waals surface area contributed by atoms with Crippen molar-refractivity contribution in [3.8, 4) is 0 Å². The Labute approximate surface area is 205 Å². The molecule has 0 amide bonds. The second-order valence-electron chi connectivity index (χ2n) is 12.0. The summed E-state index contributed by atoms with van der Waals surface area (Å²) in [5.41, 5.74) is 6.01. The number of aliphatic hydroxyl groups is 1. The van der Waals surface area contributed by atoms with Gasteiger partial charge in [-0.15, -0.1) is 0 Å². The van der Waals surface area contributed by atoms with Crippen LogP contribution in [0, 0.1) is 29.1 Å². The van der Waals surface area contributed by atoms with Gasteiger partial charge in [-0.3, -0.25) is 4.79 Å². The molecule has 7 atom stereocenters. The molecule has 0 heterocycles. The number of hydrogen-bond donors (Lipinski definition) is 1. The maximum atomic E-state index is 12.7. The van der Waals surface area contributed by atoms with Crippen LogP contribution >= 0.6 is 0 Å². The normalized spacial score (nSPS) is 39.3. The molecule has 1 aromatic rings. The zero-order valence-electron chi connectivity index (χ0n) is 21.8. The summed E-state index contributed by atoms with van der Waals surface area (Å²) in [4.78, 5) is 14.9. The van der Waals surface area contributed by atoms with E-state index in [1.165, 1.54) is 24.1 Å². The Morgan fingerprint density at radius 1 is 1.12 bits per heavy atom. The Hall–Kier alpha value is -1.65. The average molecular weight is 466 g/mol. The van der Waals surface area contributed by atoms with Crippen molar-refractivity contribution in [1.29, 1.82) is 0 Å². The van der Waals surface area contributed by atoms with Crippen molar-refractivity contribution in [2.45, 2.75) is 83.8 Å². The monoisotopic (exact) mass is 465 g/mol. The molecule has 7 unspecified atom stereocenters. The molecule has 0 saturated heterocycles. The third-order valence-electron chi connectivity index (χ3n) is 10.1. The first-order valence-corrected chi connectivity index (χ1v) is 13.5. The van der Waals surface area contributed by atoms with Crippen molar-refractivity contribution in [2.24, 2.45) is 29.1 Å². The molecule has 4 aliphatic carbocycles. The lowest BCUT2D eigenvalue weighted by Gasteiger charge is -2.54. The van der Waals surface area contributed by atoms with E-state index in [1.807, 2.05) is 13.8 Å². The second kappa shape index (κ2) is 8.78. The minimum Gasteiger partial charge on any atom is -0.378 e. The van der Waals surface area contributed by atoms with Crippen LogP contribution in [0.15, 0.2) is 35.4 Å². The fraction of sp³-hybridized carbons (Fsp3) is 0.700. The van der Waals surface area contributed by atoms with E-state index in [1.54, 1.807) is 11.1 Å². The molecular formula is C30H43NO3. The molecule has 0 aliphatic heterocycles. The van der Waals surface area contributed by atoms with Crippen LogP contribution in [0.2, 0.25) is 0 Å². The highest BCUT2D eigenvalue weighted by Gasteiger charge is 2.58. The first-order valence-electron chi connectivity index (χ1n) is 13.5. The van der Waals surface area contributed by atoms with Crippen LogP contribution in [-0.2, 0) is 9.53 Å². The Kier molecular flexibility index (Phi) is 6.21. The third-order valence-corrected chi connectivity index (χ3v) is 10.1. The van der Waals surface area contributed by atoms with Crippen LogP contribution in [0.1, 0.15) is 83.6 Å². The molecule has 3 saturated carbocycles. The number of allylic oxidation sites excluding steroid dienone is 2. The summed E-state index contributed by atoms with van der Waals surface area (Å²) in [6.45, 7) is 6.79. The van der Waals surface area contributed by atoms with Crippen LogP contribution in [-0.4, -0.2) is 37.4 Å². The number of anilines is 1. The van der Waals surface area contributed by atoms with Gasteiger partial charge in [0.2, 0.25) is 0 Å². The van der Waals surface area contributed by atoms with Gasteiger partial charge in [-0.1, -0.05) is 30.2 Å². The molecule has 1 aromatic carbocycles. The summed E-state index contributed by atoms with van der Waals surface area (Å²) in [6, 6.07) is 9.15. The van der Waals surface area contributed by atoms with Gasteiger partial charge in [0.05, 0.1) is 0 Å². The summed E-state index contributed by atoms with van der Waals surface area (Å²) >= 11 is 0. The Balaban J connectivity index is 1.58. The number of nitrogens with zero attached hydrogens (tertiary/aromatic N) is 1. The molecule has 5 rings (SSSR count). The van der Waals surface area contributed by atoms with Gasteiger partial charge in [-0.05, 0) is 93.2 Å². The number of hydrogen-bond acceptors (Lipinski definition) is 4. The van der Waals surface area contributed by atoms with E-state index in [9.17, 15) is 9.90 Å². The van der Waals surface area contributed by atoms with Gasteiger partial charge in [-0.2, -0.15) is 0 Å². The van der Waals surface area contributed by atoms with E-state index in [4.69, 9.17) is 4.74 Å². The predicted molar refractivity (Wildman–Crippen MR) is 137 cm³/mol. The van der Waals surface area contributed by atoms with Crippen LogP contribution in [0.5, 0.6) is 0 Å². The van der Waals surface area contributed by atoms with Gasteiger partial charge >= 0.3 is 0 Å². The van der Waals surface area contributed by atoms with Crippen molar-refractivity contribution in [2.75, 3.05) is 25.6 Å². The molecule has 4 aliphatic rings. The van der Waals surface area contributed by atoms with Gasteiger partial charge in [0, 0.05) is 51.1 Å².